The minimum atomic E-state index is -0.886. The van der Waals surface area contributed by atoms with E-state index in [4.69, 9.17) is 0 Å². The van der Waals surface area contributed by atoms with E-state index in [1.807, 2.05) is 18.2 Å². The van der Waals surface area contributed by atoms with Crippen LogP contribution in [-0.2, 0) is 16.1 Å². The summed E-state index contributed by atoms with van der Waals surface area (Å²) in [6.07, 6.45) is 1.66. The highest BCUT2D eigenvalue weighted by Crippen LogP contribution is 2.19. The zero-order chi connectivity index (χ0) is 20.9. The normalized spacial score (nSPS) is 19.9. The molecule has 0 aliphatic carbocycles. The summed E-state index contributed by atoms with van der Waals surface area (Å²) in [6, 6.07) is 16.4. The molecule has 156 valence electrons. The van der Waals surface area contributed by atoms with Crippen molar-refractivity contribution in [1.29, 1.82) is 0 Å². The maximum absolute atomic E-state index is 12.5. The van der Waals surface area contributed by atoms with Gasteiger partial charge in [-0.15, -0.1) is 0 Å². The molecule has 4 rings (SSSR count). The van der Waals surface area contributed by atoms with Crippen molar-refractivity contribution in [3.8, 4) is 0 Å². The highest BCUT2D eigenvalue weighted by molar-refractivity contribution is 6.10. The minimum absolute atomic E-state index is 0.0736. The maximum atomic E-state index is 12.5. The second kappa shape index (κ2) is 9.09. The van der Waals surface area contributed by atoms with Crippen LogP contribution in [0.1, 0.15) is 35.2 Å². The van der Waals surface area contributed by atoms with Gasteiger partial charge in [0.1, 0.15) is 6.04 Å². The Hall–Kier alpha value is -3.19. The number of amides is 3. The van der Waals surface area contributed by atoms with E-state index < -0.39 is 6.04 Å². The third kappa shape index (κ3) is 4.86. The number of fused-ring (bicyclic) bond motifs is 1. The number of hydrogen-bond donors (Lipinski definition) is 3. The Morgan fingerprint density at radius 2 is 1.70 bits per heavy atom. The van der Waals surface area contributed by atoms with Gasteiger partial charge in [-0.2, -0.15) is 0 Å². The second-order valence-corrected chi connectivity index (χ2v) is 7.87. The molecule has 30 heavy (non-hydrogen) atoms. The lowest BCUT2D eigenvalue weighted by molar-refractivity contribution is -0.126. The molecule has 1 atom stereocenters. The molecule has 0 spiro atoms. The minimum Gasteiger partial charge on any atom is -0.353 e. The van der Waals surface area contributed by atoms with E-state index >= 15 is 0 Å². The van der Waals surface area contributed by atoms with Crippen LogP contribution in [0, 0.1) is 0 Å². The van der Waals surface area contributed by atoms with Crippen LogP contribution in [0.15, 0.2) is 54.6 Å². The lowest BCUT2D eigenvalue weighted by Crippen LogP contribution is -2.48. The first-order chi connectivity index (χ1) is 14.6. The Bertz CT molecular complexity index is 923. The average Bonchev–Trinajstić information content (AvgIpc) is 2.86. The molecule has 0 aromatic heterocycles. The topological polar surface area (TPSA) is 90.5 Å². The summed E-state index contributed by atoms with van der Waals surface area (Å²) < 4.78 is 0. The largest absolute Gasteiger partial charge is 0.353 e. The molecule has 0 bridgehead atoms. The quantitative estimate of drug-likeness (QED) is 0.708. The van der Waals surface area contributed by atoms with Crippen molar-refractivity contribution < 1.29 is 14.4 Å². The van der Waals surface area contributed by atoms with E-state index in [2.05, 4.69) is 33.0 Å². The molecular formula is C23H26N4O3. The van der Waals surface area contributed by atoms with Gasteiger partial charge in [0.15, 0.2) is 0 Å². The molecule has 2 aromatic carbocycles. The number of likely N-dealkylation sites (tertiary alicyclic amines) is 1. The summed E-state index contributed by atoms with van der Waals surface area (Å²) in [7, 11) is 0. The summed E-state index contributed by atoms with van der Waals surface area (Å²) in [5.74, 6) is -0.944. The molecule has 1 saturated heterocycles. The number of rotatable bonds is 5. The van der Waals surface area contributed by atoms with Crippen molar-refractivity contribution in [2.24, 2.45) is 0 Å². The average molecular weight is 406 g/mol. The number of hydrogen-bond acceptors (Lipinski definition) is 4. The van der Waals surface area contributed by atoms with Gasteiger partial charge in [0.2, 0.25) is 11.8 Å². The summed E-state index contributed by atoms with van der Waals surface area (Å²) in [5.41, 5.74) is 2.16. The van der Waals surface area contributed by atoms with Crippen molar-refractivity contribution in [3.05, 3.63) is 65.7 Å². The van der Waals surface area contributed by atoms with Crippen LogP contribution in [0.2, 0.25) is 0 Å². The summed E-state index contributed by atoms with van der Waals surface area (Å²) in [6.45, 7) is 2.74. The Morgan fingerprint density at radius 3 is 2.47 bits per heavy atom. The molecule has 2 aromatic rings. The number of carbonyl (C=O) groups excluding carboxylic acids is 3. The fraction of sp³-hybridized carbons (Fsp3) is 0.348. The van der Waals surface area contributed by atoms with Crippen LogP contribution in [0.4, 0.5) is 5.69 Å². The summed E-state index contributed by atoms with van der Waals surface area (Å²) in [5, 5.41) is 8.43. The zero-order valence-electron chi connectivity index (χ0n) is 16.8. The number of nitrogens with zero attached hydrogens (tertiary/aromatic N) is 1. The van der Waals surface area contributed by atoms with Crippen LogP contribution in [-0.4, -0.2) is 47.8 Å². The van der Waals surface area contributed by atoms with Crippen molar-refractivity contribution in [2.45, 2.75) is 37.9 Å². The first kappa shape index (κ1) is 20.1. The molecule has 0 radical (unpaired) electrons. The highest BCUT2D eigenvalue weighted by Gasteiger charge is 2.30. The Kier molecular flexibility index (Phi) is 6.09. The van der Waals surface area contributed by atoms with E-state index in [9.17, 15) is 14.4 Å². The van der Waals surface area contributed by atoms with Crippen LogP contribution >= 0.6 is 0 Å². The predicted octanol–water partition coefficient (Wildman–Crippen LogP) is 1.91. The molecule has 1 fully saturated rings. The number of benzene rings is 2. The number of piperidine rings is 1. The van der Waals surface area contributed by atoms with Crippen molar-refractivity contribution in [1.82, 2.24) is 15.5 Å². The van der Waals surface area contributed by atoms with Gasteiger partial charge in [0, 0.05) is 25.7 Å². The zero-order valence-corrected chi connectivity index (χ0v) is 16.8. The molecular weight excluding hydrogens is 380 g/mol. The van der Waals surface area contributed by atoms with Crippen LogP contribution < -0.4 is 16.0 Å². The van der Waals surface area contributed by atoms with E-state index in [0.717, 1.165) is 32.5 Å². The summed E-state index contributed by atoms with van der Waals surface area (Å²) in [4.78, 5) is 39.7. The van der Waals surface area contributed by atoms with Gasteiger partial charge in [0.05, 0.1) is 17.7 Å². The Balaban J connectivity index is 1.26. The first-order valence-electron chi connectivity index (χ1n) is 10.3. The van der Waals surface area contributed by atoms with Gasteiger partial charge < -0.3 is 16.0 Å². The number of anilines is 1. The maximum Gasteiger partial charge on any atom is 0.254 e. The molecule has 2 aliphatic rings. The smallest absolute Gasteiger partial charge is 0.254 e. The SMILES string of the molecule is O=C(CC1NC(=O)c2ccccc2NC1=O)NC1CCN(Cc2ccccc2)CC1. The fourth-order valence-corrected chi connectivity index (χ4v) is 4.00. The molecule has 0 saturated carbocycles. The van der Waals surface area contributed by atoms with Gasteiger partial charge in [0.25, 0.3) is 5.91 Å². The summed E-state index contributed by atoms with van der Waals surface area (Å²) >= 11 is 0. The standard InChI is InChI=1S/C23H26N4O3/c28-21(14-20-23(30)25-19-9-5-4-8-18(19)22(29)26-20)24-17-10-12-27(13-11-17)15-16-6-2-1-3-7-16/h1-9,17,20H,10-15H2,(H,24,28)(H,25,30)(H,26,29). The van der Waals surface area contributed by atoms with E-state index in [0.29, 0.717) is 11.3 Å². The van der Waals surface area contributed by atoms with Crippen LogP contribution in [0.25, 0.3) is 0 Å². The molecule has 3 amide bonds. The lowest BCUT2D eigenvalue weighted by atomic mass is 10.0. The molecule has 2 aliphatic heterocycles. The van der Waals surface area contributed by atoms with Crippen LogP contribution in [0.5, 0.6) is 0 Å². The van der Waals surface area contributed by atoms with Gasteiger partial charge in [-0.1, -0.05) is 42.5 Å². The van der Waals surface area contributed by atoms with E-state index in [1.54, 1.807) is 24.3 Å². The highest BCUT2D eigenvalue weighted by atomic mass is 16.2. The number of para-hydroxylation sites is 1. The third-order valence-corrected chi connectivity index (χ3v) is 5.64. The van der Waals surface area contributed by atoms with E-state index in [1.165, 1.54) is 5.56 Å². The van der Waals surface area contributed by atoms with Crippen molar-refractivity contribution in [3.63, 3.8) is 0 Å². The Labute approximate surface area is 175 Å². The van der Waals surface area contributed by atoms with Crippen molar-refractivity contribution >= 4 is 23.4 Å². The molecule has 7 nitrogen and oxygen atoms in total. The van der Waals surface area contributed by atoms with Gasteiger partial charge in [-0.05, 0) is 30.5 Å². The first-order valence-corrected chi connectivity index (χ1v) is 10.3. The van der Waals surface area contributed by atoms with E-state index in [-0.39, 0.29) is 30.2 Å². The van der Waals surface area contributed by atoms with Gasteiger partial charge in [-0.3, -0.25) is 19.3 Å². The van der Waals surface area contributed by atoms with Crippen molar-refractivity contribution in [2.75, 3.05) is 18.4 Å². The molecule has 3 N–H and O–H groups in total. The lowest BCUT2D eigenvalue weighted by Gasteiger charge is -2.32. The Morgan fingerprint density at radius 1 is 1.00 bits per heavy atom. The molecule has 7 heteroatoms. The fourth-order valence-electron chi connectivity index (χ4n) is 4.00. The second-order valence-electron chi connectivity index (χ2n) is 7.87. The van der Waals surface area contributed by atoms with Gasteiger partial charge >= 0.3 is 0 Å². The predicted molar refractivity (Wildman–Crippen MR) is 114 cm³/mol. The molecule has 1 unspecified atom stereocenters. The third-order valence-electron chi connectivity index (χ3n) is 5.64. The van der Waals surface area contributed by atoms with Gasteiger partial charge in [-0.25, -0.2) is 0 Å². The monoisotopic (exact) mass is 406 g/mol. The number of nitrogens with one attached hydrogen (secondary N) is 3. The number of carbonyl (C=O) groups is 3. The van der Waals surface area contributed by atoms with Crippen LogP contribution in [0.3, 0.4) is 0 Å². The molecule has 2 heterocycles.